The molecule has 2 unspecified atom stereocenters. The summed E-state index contributed by atoms with van der Waals surface area (Å²) in [4.78, 5) is 1.56. The van der Waals surface area contributed by atoms with Gasteiger partial charge in [-0.15, -0.1) is 11.3 Å². The average Bonchev–Trinajstić information content (AvgIpc) is 3.00. The van der Waals surface area contributed by atoms with Gasteiger partial charge in [0.15, 0.2) is 0 Å². The van der Waals surface area contributed by atoms with E-state index in [0.29, 0.717) is 6.04 Å². The van der Waals surface area contributed by atoms with Crippen molar-refractivity contribution in [1.29, 1.82) is 0 Å². The van der Waals surface area contributed by atoms with Gasteiger partial charge in [0.25, 0.3) is 0 Å². The summed E-state index contributed by atoms with van der Waals surface area (Å²) < 4.78 is 5.45. The third-order valence-corrected chi connectivity index (χ3v) is 4.47. The van der Waals surface area contributed by atoms with Crippen LogP contribution >= 0.6 is 11.3 Å². The number of thiophene rings is 1. The number of fused-ring (bicyclic) bond motifs is 1. The van der Waals surface area contributed by atoms with Crippen LogP contribution in [-0.2, 0) is 6.42 Å². The van der Waals surface area contributed by atoms with Gasteiger partial charge in [-0.1, -0.05) is 0 Å². The van der Waals surface area contributed by atoms with Gasteiger partial charge in [0.05, 0.1) is 12.3 Å². The molecule has 17 heavy (non-hydrogen) atoms. The highest BCUT2D eigenvalue weighted by molar-refractivity contribution is 7.10. The molecule has 0 amide bonds. The monoisotopic (exact) mass is 247 g/mol. The second-order valence-corrected chi connectivity index (χ2v) is 5.65. The molecule has 2 heterocycles. The molecule has 2 aromatic rings. The lowest BCUT2D eigenvalue weighted by Crippen LogP contribution is -2.26. The molecule has 0 spiro atoms. The van der Waals surface area contributed by atoms with Crippen molar-refractivity contribution in [2.45, 2.75) is 38.3 Å². The van der Waals surface area contributed by atoms with Crippen LogP contribution in [0.15, 0.2) is 34.3 Å². The maximum atomic E-state index is 5.45. The minimum atomic E-state index is 0.279. The van der Waals surface area contributed by atoms with Crippen molar-refractivity contribution >= 4 is 11.3 Å². The van der Waals surface area contributed by atoms with E-state index < -0.39 is 0 Å². The second-order valence-electron chi connectivity index (χ2n) is 4.65. The van der Waals surface area contributed by atoms with Crippen molar-refractivity contribution in [2.24, 2.45) is 0 Å². The topological polar surface area (TPSA) is 25.2 Å². The van der Waals surface area contributed by atoms with Crippen LogP contribution in [0.3, 0.4) is 0 Å². The first-order chi connectivity index (χ1) is 8.34. The lowest BCUT2D eigenvalue weighted by Gasteiger charge is -2.26. The lowest BCUT2D eigenvalue weighted by atomic mass is 9.93. The van der Waals surface area contributed by atoms with Gasteiger partial charge < -0.3 is 9.73 Å². The first-order valence-electron chi connectivity index (χ1n) is 6.20. The minimum absolute atomic E-state index is 0.279. The summed E-state index contributed by atoms with van der Waals surface area (Å²) >= 11 is 1.89. The molecule has 1 aliphatic carbocycles. The summed E-state index contributed by atoms with van der Waals surface area (Å²) in [5, 5.41) is 5.89. The Hall–Kier alpha value is -1.06. The summed E-state index contributed by atoms with van der Waals surface area (Å²) in [5.74, 6) is 1.02. The van der Waals surface area contributed by atoms with Crippen LogP contribution in [0.5, 0.6) is 0 Å². The number of furan rings is 1. The summed E-state index contributed by atoms with van der Waals surface area (Å²) in [6.45, 7) is 2.17. The van der Waals surface area contributed by atoms with E-state index in [1.165, 1.54) is 24.8 Å². The van der Waals surface area contributed by atoms with Crippen molar-refractivity contribution in [3.05, 3.63) is 46.0 Å². The van der Waals surface area contributed by atoms with Gasteiger partial charge in [0.1, 0.15) is 5.76 Å². The summed E-state index contributed by atoms with van der Waals surface area (Å²) in [6, 6.07) is 7.02. The molecule has 90 valence electrons. The van der Waals surface area contributed by atoms with Crippen molar-refractivity contribution in [1.82, 2.24) is 5.32 Å². The molecule has 3 rings (SSSR count). The average molecular weight is 247 g/mol. The summed E-state index contributed by atoms with van der Waals surface area (Å²) in [7, 11) is 0. The van der Waals surface area contributed by atoms with E-state index in [1.54, 1.807) is 11.1 Å². The SMILES string of the molecule is CC(NC1CCCc2sccc21)c1ccco1. The normalized spacial score (nSPS) is 21.1. The predicted octanol–water partition coefficient (Wildman–Crippen LogP) is 4.07. The van der Waals surface area contributed by atoms with Crippen LogP contribution in [0, 0.1) is 0 Å². The Morgan fingerprint density at radius 1 is 1.47 bits per heavy atom. The third kappa shape index (κ3) is 2.17. The number of nitrogens with one attached hydrogen (secondary N) is 1. The van der Waals surface area contributed by atoms with Crippen molar-refractivity contribution in [3.63, 3.8) is 0 Å². The first-order valence-corrected chi connectivity index (χ1v) is 7.08. The number of rotatable bonds is 3. The molecular weight excluding hydrogens is 230 g/mol. The molecule has 0 saturated heterocycles. The van der Waals surface area contributed by atoms with Crippen LogP contribution < -0.4 is 5.32 Å². The highest BCUT2D eigenvalue weighted by atomic mass is 32.1. The smallest absolute Gasteiger partial charge is 0.120 e. The van der Waals surface area contributed by atoms with E-state index in [2.05, 4.69) is 23.7 Å². The largest absolute Gasteiger partial charge is 0.468 e. The molecule has 0 aromatic carbocycles. The number of hydrogen-bond acceptors (Lipinski definition) is 3. The zero-order valence-electron chi connectivity index (χ0n) is 9.98. The Morgan fingerprint density at radius 2 is 2.41 bits per heavy atom. The Balaban J connectivity index is 1.75. The quantitative estimate of drug-likeness (QED) is 0.884. The van der Waals surface area contributed by atoms with E-state index >= 15 is 0 Å². The van der Waals surface area contributed by atoms with Gasteiger partial charge in [-0.05, 0) is 55.3 Å². The van der Waals surface area contributed by atoms with Gasteiger partial charge in [-0.2, -0.15) is 0 Å². The van der Waals surface area contributed by atoms with E-state index in [9.17, 15) is 0 Å². The van der Waals surface area contributed by atoms with Crippen LogP contribution in [0.25, 0.3) is 0 Å². The molecule has 0 bridgehead atoms. The van der Waals surface area contributed by atoms with E-state index in [1.807, 2.05) is 23.5 Å². The Morgan fingerprint density at radius 3 is 3.24 bits per heavy atom. The first kappa shape index (κ1) is 11.1. The lowest BCUT2D eigenvalue weighted by molar-refractivity contribution is 0.369. The summed E-state index contributed by atoms with van der Waals surface area (Å²) in [5.41, 5.74) is 1.50. The molecule has 3 heteroatoms. The Kier molecular flexibility index (Phi) is 3.04. The second kappa shape index (κ2) is 4.67. The standard InChI is InChI=1S/C14H17NOS/c1-10(13-5-3-8-16-13)15-12-4-2-6-14-11(12)7-9-17-14/h3,5,7-10,12,15H,2,4,6H2,1H3. The van der Waals surface area contributed by atoms with Gasteiger partial charge >= 0.3 is 0 Å². The molecule has 0 fully saturated rings. The van der Waals surface area contributed by atoms with Crippen LogP contribution in [0.1, 0.15) is 48.0 Å². The molecular formula is C14H17NOS. The molecule has 1 aliphatic rings. The van der Waals surface area contributed by atoms with Crippen LogP contribution in [0.2, 0.25) is 0 Å². The Labute approximate surface area is 106 Å². The zero-order chi connectivity index (χ0) is 11.7. The van der Waals surface area contributed by atoms with Crippen molar-refractivity contribution < 1.29 is 4.42 Å². The van der Waals surface area contributed by atoms with E-state index in [-0.39, 0.29) is 6.04 Å². The zero-order valence-corrected chi connectivity index (χ0v) is 10.8. The summed E-state index contributed by atoms with van der Waals surface area (Å²) in [6.07, 6.45) is 5.51. The molecule has 0 aliphatic heterocycles. The molecule has 2 nitrogen and oxygen atoms in total. The van der Waals surface area contributed by atoms with E-state index in [0.717, 1.165) is 5.76 Å². The fourth-order valence-electron chi connectivity index (χ4n) is 2.58. The highest BCUT2D eigenvalue weighted by Gasteiger charge is 2.23. The molecule has 1 N–H and O–H groups in total. The molecule has 0 saturated carbocycles. The van der Waals surface area contributed by atoms with Gasteiger partial charge in [-0.25, -0.2) is 0 Å². The fourth-order valence-corrected chi connectivity index (χ4v) is 3.57. The predicted molar refractivity (Wildman–Crippen MR) is 70.3 cm³/mol. The van der Waals surface area contributed by atoms with Gasteiger partial charge in [-0.3, -0.25) is 0 Å². The van der Waals surface area contributed by atoms with Crippen molar-refractivity contribution in [3.8, 4) is 0 Å². The number of aryl methyl sites for hydroxylation is 1. The maximum Gasteiger partial charge on any atom is 0.120 e. The molecule has 0 radical (unpaired) electrons. The van der Waals surface area contributed by atoms with Crippen LogP contribution in [-0.4, -0.2) is 0 Å². The van der Waals surface area contributed by atoms with Gasteiger partial charge in [0, 0.05) is 10.9 Å². The Bertz CT molecular complexity index is 474. The van der Waals surface area contributed by atoms with Crippen LogP contribution in [0.4, 0.5) is 0 Å². The maximum absolute atomic E-state index is 5.45. The fraction of sp³-hybridized carbons (Fsp3) is 0.429. The third-order valence-electron chi connectivity index (χ3n) is 3.47. The number of hydrogen-bond donors (Lipinski definition) is 1. The highest BCUT2D eigenvalue weighted by Crippen LogP contribution is 2.34. The van der Waals surface area contributed by atoms with Gasteiger partial charge in [0.2, 0.25) is 0 Å². The van der Waals surface area contributed by atoms with E-state index in [4.69, 9.17) is 4.42 Å². The molecule has 2 atom stereocenters. The minimum Gasteiger partial charge on any atom is -0.468 e. The molecule has 2 aromatic heterocycles. The van der Waals surface area contributed by atoms with Crippen molar-refractivity contribution in [2.75, 3.05) is 0 Å².